The molecule has 3 aliphatic heterocycles. The minimum Gasteiger partial charge on any atom is -0.462 e. The summed E-state index contributed by atoms with van der Waals surface area (Å²) in [6, 6.07) is 57.3. The standard InChI is InChI=1S/C71H86O18/c1-70(2,3)68(74)83-45-54-57(60(78-40-48-28-16-9-17-29-48)63(65(76-7)86-54)81-43-51-34-22-12-23-35-51)89-67-64(82-44-52-36-24-13-25-37-52)61(79-41-49-30-18-10-19-31-49)58(55(87-67)46-84-69(75)71(4,5)6)88-66-62(80-42-50-32-20-11-21-33-50)59(56(73)53(38-72)85-66)77-39-47-26-14-8-15-27-47/h8-37,53-67,72-73H,38-46H2,1-7H3/t53-,54-,55-,56-,57-,58-,59+,60+,61+,62+,63+,64+,65-,66+,67+/m1/s1. The summed E-state index contributed by atoms with van der Waals surface area (Å²) in [4.78, 5) is 27.8. The summed E-state index contributed by atoms with van der Waals surface area (Å²) in [6.45, 7) is 9.45. The topological polar surface area (TPSA) is 204 Å². The fourth-order valence-corrected chi connectivity index (χ4v) is 10.6. The Morgan fingerprint density at radius 3 is 0.921 bits per heavy atom. The Morgan fingerprint density at radius 2 is 0.629 bits per heavy atom. The number of ether oxygens (including phenoxy) is 14. The summed E-state index contributed by atoms with van der Waals surface area (Å²) in [5, 5.41) is 23.1. The van der Waals surface area contributed by atoms with Gasteiger partial charge in [-0.3, -0.25) is 9.59 Å². The fourth-order valence-electron chi connectivity index (χ4n) is 10.6. The van der Waals surface area contributed by atoms with Crippen LogP contribution in [-0.4, -0.2) is 141 Å². The van der Waals surface area contributed by atoms with Crippen molar-refractivity contribution in [1.29, 1.82) is 0 Å². The Balaban J connectivity index is 1.17. The van der Waals surface area contributed by atoms with Crippen LogP contribution in [0.25, 0.3) is 0 Å². The molecule has 18 heteroatoms. The van der Waals surface area contributed by atoms with Crippen molar-refractivity contribution in [2.75, 3.05) is 26.9 Å². The van der Waals surface area contributed by atoms with Crippen LogP contribution in [0.3, 0.4) is 0 Å². The van der Waals surface area contributed by atoms with E-state index in [0.717, 1.165) is 33.4 Å². The first-order chi connectivity index (χ1) is 43.1. The molecule has 0 saturated carbocycles. The second-order valence-electron chi connectivity index (χ2n) is 24.5. The minimum atomic E-state index is -1.46. The Bertz CT molecular complexity index is 3010. The van der Waals surface area contributed by atoms with Crippen molar-refractivity contribution >= 4 is 11.9 Å². The van der Waals surface area contributed by atoms with Crippen LogP contribution < -0.4 is 0 Å². The summed E-state index contributed by atoms with van der Waals surface area (Å²) in [5.41, 5.74) is 3.08. The van der Waals surface area contributed by atoms with Gasteiger partial charge in [0.05, 0.1) is 57.1 Å². The molecule has 0 amide bonds. The van der Waals surface area contributed by atoms with E-state index in [1.54, 1.807) is 41.5 Å². The van der Waals surface area contributed by atoms with Crippen LogP contribution in [0.4, 0.5) is 0 Å². The average Bonchev–Trinajstić information content (AvgIpc) is 1.97. The molecule has 9 rings (SSSR count). The van der Waals surface area contributed by atoms with Crippen LogP contribution in [0.5, 0.6) is 0 Å². The zero-order chi connectivity index (χ0) is 62.8. The highest BCUT2D eigenvalue weighted by Crippen LogP contribution is 2.39. The maximum Gasteiger partial charge on any atom is 0.311 e. The second kappa shape index (κ2) is 32.6. The molecule has 0 aromatic heterocycles. The normalized spacial score (nSPS) is 27.4. The molecule has 0 aliphatic carbocycles. The molecule has 0 unspecified atom stereocenters. The van der Waals surface area contributed by atoms with Gasteiger partial charge in [-0.15, -0.1) is 0 Å². The van der Waals surface area contributed by atoms with E-state index in [-0.39, 0.29) is 46.2 Å². The molecule has 18 nitrogen and oxygen atoms in total. The van der Waals surface area contributed by atoms with Crippen LogP contribution in [0.1, 0.15) is 74.9 Å². The molecule has 15 atom stereocenters. The van der Waals surface area contributed by atoms with Gasteiger partial charge in [0.1, 0.15) is 86.5 Å². The van der Waals surface area contributed by atoms with Gasteiger partial charge in [0, 0.05) is 7.11 Å². The maximum absolute atomic E-state index is 14.0. The molecule has 6 aromatic carbocycles. The maximum atomic E-state index is 14.0. The smallest absolute Gasteiger partial charge is 0.311 e. The van der Waals surface area contributed by atoms with E-state index >= 15 is 0 Å². The Labute approximate surface area is 522 Å². The van der Waals surface area contributed by atoms with Gasteiger partial charge in [-0.05, 0) is 74.9 Å². The van der Waals surface area contributed by atoms with E-state index < -0.39 is 128 Å². The number of esters is 2. The molecule has 2 N–H and O–H groups in total. The summed E-state index contributed by atoms with van der Waals surface area (Å²) < 4.78 is 95.4. The third kappa shape index (κ3) is 18.9. The molecule has 89 heavy (non-hydrogen) atoms. The van der Waals surface area contributed by atoms with Crippen molar-refractivity contribution in [3.63, 3.8) is 0 Å². The zero-order valence-electron chi connectivity index (χ0n) is 51.8. The number of hydrogen-bond acceptors (Lipinski definition) is 18. The molecule has 3 aliphatic rings. The first kappa shape index (κ1) is 67.1. The van der Waals surface area contributed by atoms with Crippen LogP contribution in [0, 0.1) is 10.8 Å². The first-order valence-corrected chi connectivity index (χ1v) is 30.4. The third-order valence-corrected chi connectivity index (χ3v) is 15.5. The number of aliphatic hydroxyl groups is 2. The van der Waals surface area contributed by atoms with Crippen molar-refractivity contribution in [2.45, 2.75) is 173 Å². The molecule has 478 valence electrons. The van der Waals surface area contributed by atoms with Gasteiger partial charge in [-0.25, -0.2) is 0 Å². The van der Waals surface area contributed by atoms with E-state index in [9.17, 15) is 19.8 Å². The largest absolute Gasteiger partial charge is 0.462 e. The van der Waals surface area contributed by atoms with Crippen LogP contribution in [0.15, 0.2) is 182 Å². The molecular formula is C71H86O18. The van der Waals surface area contributed by atoms with E-state index in [4.69, 9.17) is 66.3 Å². The molecule has 0 radical (unpaired) electrons. The minimum absolute atomic E-state index is 0.00350. The molecule has 3 saturated heterocycles. The summed E-state index contributed by atoms with van der Waals surface area (Å²) in [6.07, 6.45) is -18.3. The molecule has 3 heterocycles. The van der Waals surface area contributed by atoms with E-state index in [2.05, 4.69) is 0 Å². The lowest BCUT2D eigenvalue weighted by atomic mass is 9.94. The van der Waals surface area contributed by atoms with Gasteiger partial charge < -0.3 is 76.5 Å². The monoisotopic (exact) mass is 1230 g/mol. The van der Waals surface area contributed by atoms with Crippen molar-refractivity contribution in [3.8, 4) is 0 Å². The fraction of sp³-hybridized carbons (Fsp3) is 0.465. The lowest BCUT2D eigenvalue weighted by Crippen LogP contribution is -2.68. The number of carbonyl (C=O) groups is 2. The summed E-state index contributed by atoms with van der Waals surface area (Å²) in [5.74, 6) is -1.04. The molecule has 6 aromatic rings. The van der Waals surface area contributed by atoms with Gasteiger partial charge in [0.25, 0.3) is 0 Å². The van der Waals surface area contributed by atoms with Gasteiger partial charge in [0.2, 0.25) is 0 Å². The molecule has 0 bridgehead atoms. The number of benzene rings is 6. The predicted octanol–water partition coefficient (Wildman–Crippen LogP) is 9.62. The predicted molar refractivity (Wildman–Crippen MR) is 327 cm³/mol. The Morgan fingerprint density at radius 1 is 0.371 bits per heavy atom. The van der Waals surface area contributed by atoms with E-state index in [1.807, 2.05) is 182 Å². The van der Waals surface area contributed by atoms with Crippen molar-refractivity contribution in [1.82, 2.24) is 0 Å². The summed E-state index contributed by atoms with van der Waals surface area (Å²) in [7, 11) is 1.50. The number of methoxy groups -OCH3 is 1. The highest BCUT2D eigenvalue weighted by molar-refractivity contribution is 5.75. The number of hydrogen-bond donors (Lipinski definition) is 2. The van der Waals surface area contributed by atoms with E-state index in [0.29, 0.717) is 0 Å². The van der Waals surface area contributed by atoms with Gasteiger partial charge in [0.15, 0.2) is 18.9 Å². The molecule has 3 fully saturated rings. The average molecular weight is 1230 g/mol. The van der Waals surface area contributed by atoms with Crippen molar-refractivity contribution in [2.24, 2.45) is 10.8 Å². The molecular weight excluding hydrogens is 1140 g/mol. The highest BCUT2D eigenvalue weighted by Gasteiger charge is 2.57. The van der Waals surface area contributed by atoms with Gasteiger partial charge >= 0.3 is 11.9 Å². The lowest BCUT2D eigenvalue weighted by molar-refractivity contribution is -0.392. The first-order valence-electron chi connectivity index (χ1n) is 30.4. The highest BCUT2D eigenvalue weighted by atomic mass is 16.8. The van der Waals surface area contributed by atoms with Gasteiger partial charge in [-0.2, -0.15) is 0 Å². The van der Waals surface area contributed by atoms with Crippen molar-refractivity contribution < 1.29 is 86.1 Å². The summed E-state index contributed by atoms with van der Waals surface area (Å²) >= 11 is 0. The number of carbonyl (C=O) groups excluding carboxylic acids is 2. The Kier molecular flexibility index (Phi) is 24.6. The lowest BCUT2D eigenvalue weighted by Gasteiger charge is -2.51. The molecule has 0 spiro atoms. The van der Waals surface area contributed by atoms with Crippen molar-refractivity contribution in [3.05, 3.63) is 215 Å². The number of aliphatic hydroxyl groups excluding tert-OH is 2. The van der Waals surface area contributed by atoms with E-state index in [1.165, 1.54) is 7.11 Å². The zero-order valence-corrected chi connectivity index (χ0v) is 51.8. The number of rotatable bonds is 28. The van der Waals surface area contributed by atoms with Crippen LogP contribution in [-0.2, 0) is 116 Å². The Hall–Kier alpha value is -6.30. The van der Waals surface area contributed by atoms with Crippen LogP contribution >= 0.6 is 0 Å². The third-order valence-electron chi connectivity index (χ3n) is 15.5. The van der Waals surface area contributed by atoms with Gasteiger partial charge in [-0.1, -0.05) is 182 Å². The SMILES string of the molecule is CO[C@@H]1O[C@H](COC(=O)C(C)(C)C)[C@@H](O[C@@H]2O[C@H](COC(=O)C(C)(C)C)[C@@H](O[C@@H]3O[C@H](CO)[C@@H](O)[C@H](OCc4ccccc4)[C@@H]3OCc3ccccc3)[C@H](OCc3ccccc3)[C@@H]2OCc2ccccc2)[C@H](OCc2ccccc2)[C@@H]1OCc1ccccc1. The second-order valence-corrected chi connectivity index (χ2v) is 24.5. The quantitative estimate of drug-likeness (QED) is 0.0439. The van der Waals surface area contributed by atoms with Crippen LogP contribution in [0.2, 0.25) is 0 Å².